The van der Waals surface area contributed by atoms with E-state index in [4.69, 9.17) is 4.42 Å². The fourth-order valence-electron chi connectivity index (χ4n) is 2.66. The molecule has 0 aliphatic heterocycles. The molecule has 1 atom stereocenters. The molecule has 23 heavy (non-hydrogen) atoms. The number of hydrogen-bond donors (Lipinski definition) is 2. The molecule has 0 unspecified atom stereocenters. The molecule has 0 radical (unpaired) electrons. The lowest BCUT2D eigenvalue weighted by molar-refractivity contribution is -0.707. The Balaban J connectivity index is 1.87. The third-order valence-electron chi connectivity index (χ3n) is 3.90. The highest BCUT2D eigenvalue weighted by Crippen LogP contribution is 2.22. The van der Waals surface area contributed by atoms with Gasteiger partial charge in [-0.05, 0) is 25.1 Å². The highest BCUT2D eigenvalue weighted by atomic mass is 79.9. The fourth-order valence-corrected chi connectivity index (χ4v) is 3.31. The van der Waals surface area contributed by atoms with Gasteiger partial charge in [0, 0.05) is 33.1 Å². The molecule has 5 heteroatoms. The minimum Gasteiger partial charge on any atom is -0.508 e. The van der Waals surface area contributed by atoms with E-state index in [1.807, 2.05) is 18.2 Å². The van der Waals surface area contributed by atoms with Crippen LogP contribution in [0.4, 0.5) is 0 Å². The van der Waals surface area contributed by atoms with Crippen molar-refractivity contribution in [2.45, 2.75) is 19.5 Å². The van der Waals surface area contributed by atoms with Crippen LogP contribution >= 0.6 is 15.9 Å². The van der Waals surface area contributed by atoms with E-state index >= 15 is 0 Å². The van der Waals surface area contributed by atoms with E-state index in [-0.39, 0.29) is 11.8 Å². The predicted molar refractivity (Wildman–Crippen MR) is 92.3 cm³/mol. The van der Waals surface area contributed by atoms with Gasteiger partial charge in [0.15, 0.2) is 0 Å². The molecule has 0 aliphatic rings. The molecule has 0 saturated heterocycles. The van der Waals surface area contributed by atoms with E-state index in [9.17, 15) is 9.90 Å². The second-order valence-electron chi connectivity index (χ2n) is 5.52. The molecular weight excluding hydrogens is 358 g/mol. The molecule has 0 amide bonds. The second kappa shape index (κ2) is 6.56. The minimum absolute atomic E-state index is 0.0864. The molecule has 0 bridgehead atoms. The van der Waals surface area contributed by atoms with Gasteiger partial charge in [0.1, 0.15) is 23.9 Å². The number of aromatic hydroxyl groups is 1. The summed E-state index contributed by atoms with van der Waals surface area (Å²) in [6, 6.07) is 14.7. The predicted octanol–water partition coefficient (Wildman–Crippen LogP) is 3.09. The number of nitrogens with two attached hydrogens (primary N) is 1. The number of hydrogen-bond acceptors (Lipinski definition) is 3. The summed E-state index contributed by atoms with van der Waals surface area (Å²) in [6.07, 6.45) is 0. The summed E-state index contributed by atoms with van der Waals surface area (Å²) in [6.45, 7) is 2.77. The van der Waals surface area contributed by atoms with Crippen molar-refractivity contribution in [2.75, 3.05) is 0 Å². The molecule has 0 aliphatic carbocycles. The molecule has 1 aromatic heterocycles. The van der Waals surface area contributed by atoms with Crippen LogP contribution in [0.5, 0.6) is 5.75 Å². The third kappa shape index (κ3) is 3.46. The maximum Gasteiger partial charge on any atom is 0.336 e. The van der Waals surface area contributed by atoms with Crippen molar-refractivity contribution in [3.05, 3.63) is 74.6 Å². The zero-order valence-electron chi connectivity index (χ0n) is 12.6. The molecule has 0 fully saturated rings. The molecule has 1 heterocycles. The van der Waals surface area contributed by atoms with Gasteiger partial charge in [-0.25, -0.2) is 4.79 Å². The molecule has 0 spiro atoms. The highest BCUT2D eigenvalue weighted by molar-refractivity contribution is 9.10. The minimum atomic E-state index is -0.403. The van der Waals surface area contributed by atoms with Crippen LogP contribution in [0.15, 0.2) is 62.2 Å². The Kier molecular flexibility index (Phi) is 4.50. The van der Waals surface area contributed by atoms with Crippen LogP contribution in [-0.2, 0) is 6.54 Å². The number of phenolic OH excluding ortho intramolecular Hbond substituents is 1. The maximum atomic E-state index is 11.7. The number of benzene rings is 2. The Labute approximate surface area is 141 Å². The maximum absolute atomic E-state index is 11.7. The Morgan fingerprint density at radius 1 is 1.22 bits per heavy atom. The molecule has 3 N–H and O–H groups in total. The van der Waals surface area contributed by atoms with E-state index < -0.39 is 5.63 Å². The Morgan fingerprint density at radius 3 is 2.78 bits per heavy atom. The Morgan fingerprint density at radius 2 is 2.00 bits per heavy atom. The van der Waals surface area contributed by atoms with Crippen LogP contribution in [0.2, 0.25) is 0 Å². The van der Waals surface area contributed by atoms with Gasteiger partial charge in [0.2, 0.25) is 0 Å². The summed E-state index contributed by atoms with van der Waals surface area (Å²) >= 11 is 3.57. The summed E-state index contributed by atoms with van der Waals surface area (Å²) < 4.78 is 6.23. The van der Waals surface area contributed by atoms with Crippen molar-refractivity contribution in [3.63, 3.8) is 0 Å². The van der Waals surface area contributed by atoms with Gasteiger partial charge in [-0.1, -0.05) is 34.1 Å². The van der Waals surface area contributed by atoms with E-state index in [1.54, 1.807) is 12.1 Å². The second-order valence-corrected chi connectivity index (χ2v) is 6.38. The van der Waals surface area contributed by atoms with Crippen LogP contribution in [0.25, 0.3) is 11.0 Å². The van der Waals surface area contributed by atoms with E-state index in [0.717, 1.165) is 15.4 Å². The summed E-state index contributed by atoms with van der Waals surface area (Å²) in [7, 11) is 0. The van der Waals surface area contributed by atoms with Gasteiger partial charge in [0.25, 0.3) is 0 Å². The van der Waals surface area contributed by atoms with E-state index in [1.165, 1.54) is 17.7 Å². The van der Waals surface area contributed by atoms with Crippen molar-refractivity contribution in [2.24, 2.45) is 0 Å². The van der Waals surface area contributed by atoms with E-state index in [2.05, 4.69) is 34.2 Å². The van der Waals surface area contributed by atoms with Crippen LogP contribution in [0, 0.1) is 0 Å². The van der Waals surface area contributed by atoms with Crippen LogP contribution < -0.4 is 10.9 Å². The first-order valence-electron chi connectivity index (χ1n) is 7.38. The number of rotatable bonds is 4. The Hall–Kier alpha value is -2.11. The number of phenols is 1. The summed E-state index contributed by atoms with van der Waals surface area (Å²) in [5.41, 5.74) is 2.11. The molecule has 4 nitrogen and oxygen atoms in total. The highest BCUT2D eigenvalue weighted by Gasteiger charge is 2.14. The molecule has 118 valence electrons. The topological polar surface area (TPSA) is 67.0 Å². The van der Waals surface area contributed by atoms with Gasteiger partial charge in [-0.3, -0.25) is 0 Å². The molecular formula is C18H17BrNO3+. The van der Waals surface area contributed by atoms with Gasteiger partial charge in [0.05, 0.1) is 0 Å². The van der Waals surface area contributed by atoms with Crippen molar-refractivity contribution in [3.8, 4) is 5.75 Å². The lowest BCUT2D eigenvalue weighted by Crippen LogP contribution is -2.83. The lowest BCUT2D eigenvalue weighted by atomic mass is 10.1. The van der Waals surface area contributed by atoms with Gasteiger partial charge >= 0.3 is 5.63 Å². The van der Waals surface area contributed by atoms with Gasteiger partial charge in [-0.2, -0.15) is 0 Å². The monoisotopic (exact) mass is 374 g/mol. The number of fused-ring (bicyclic) bond motifs is 1. The van der Waals surface area contributed by atoms with Crippen molar-refractivity contribution in [1.29, 1.82) is 0 Å². The SMILES string of the molecule is C[C@@H]([NH2+]Cc1cc(=O)oc2cc(O)ccc12)c1ccccc1Br. The summed E-state index contributed by atoms with van der Waals surface area (Å²) in [4.78, 5) is 11.7. The largest absolute Gasteiger partial charge is 0.508 e. The van der Waals surface area contributed by atoms with Crippen molar-refractivity contribution >= 4 is 26.9 Å². The average Bonchev–Trinajstić information content (AvgIpc) is 2.52. The molecule has 3 rings (SSSR count). The first kappa shape index (κ1) is 15.8. The lowest BCUT2D eigenvalue weighted by Gasteiger charge is -2.13. The first-order chi connectivity index (χ1) is 11.0. The van der Waals surface area contributed by atoms with Gasteiger partial charge in [-0.15, -0.1) is 0 Å². The molecule has 3 aromatic rings. The fraction of sp³-hybridized carbons (Fsp3) is 0.167. The summed E-state index contributed by atoms with van der Waals surface area (Å²) in [5.74, 6) is 0.0864. The number of quaternary nitrogens is 1. The standard InChI is InChI=1S/C18H16BrNO3/c1-11(14-4-2-3-5-16(14)19)20-10-12-8-18(22)23-17-9-13(21)6-7-15(12)17/h2-9,11,20-21H,10H2,1H3/p+1/t11-/m1/s1. The summed E-state index contributed by atoms with van der Waals surface area (Å²) in [5, 5.41) is 12.5. The average molecular weight is 375 g/mol. The third-order valence-corrected chi connectivity index (χ3v) is 4.62. The van der Waals surface area contributed by atoms with Gasteiger partial charge < -0.3 is 14.8 Å². The van der Waals surface area contributed by atoms with Crippen molar-refractivity contribution < 1.29 is 14.8 Å². The van der Waals surface area contributed by atoms with Crippen LogP contribution in [0.3, 0.4) is 0 Å². The first-order valence-corrected chi connectivity index (χ1v) is 8.17. The normalized spacial score (nSPS) is 12.4. The molecule has 2 aromatic carbocycles. The smallest absolute Gasteiger partial charge is 0.336 e. The number of halogens is 1. The van der Waals surface area contributed by atoms with Crippen LogP contribution in [0.1, 0.15) is 24.1 Å². The van der Waals surface area contributed by atoms with Crippen molar-refractivity contribution in [1.82, 2.24) is 0 Å². The van der Waals surface area contributed by atoms with E-state index in [0.29, 0.717) is 12.1 Å². The molecule has 0 saturated carbocycles. The quantitative estimate of drug-likeness (QED) is 0.689. The zero-order chi connectivity index (χ0) is 16.4. The Bertz CT molecular complexity index is 904. The zero-order valence-corrected chi connectivity index (χ0v) is 14.2. The van der Waals surface area contributed by atoms with Crippen LogP contribution in [-0.4, -0.2) is 5.11 Å².